The number of nitrogens with one attached hydrogen (secondary N) is 1. The Morgan fingerprint density at radius 3 is 2.70 bits per heavy atom. The summed E-state index contributed by atoms with van der Waals surface area (Å²) in [5.74, 6) is 1.29. The zero-order chi connectivity index (χ0) is 16.8. The van der Waals surface area contributed by atoms with Gasteiger partial charge in [0.1, 0.15) is 5.69 Å². The Morgan fingerprint density at radius 2 is 2.04 bits per heavy atom. The van der Waals surface area contributed by atoms with E-state index in [1.165, 1.54) is 0 Å². The lowest BCUT2D eigenvalue weighted by molar-refractivity contribution is 0.0691. The van der Waals surface area contributed by atoms with Crippen LogP contribution in [0.4, 0.5) is 5.95 Å². The summed E-state index contributed by atoms with van der Waals surface area (Å²) >= 11 is 0. The van der Waals surface area contributed by atoms with Crippen molar-refractivity contribution in [3.63, 3.8) is 0 Å². The van der Waals surface area contributed by atoms with Crippen LogP contribution in [-0.4, -0.2) is 65.9 Å². The van der Waals surface area contributed by atoms with Gasteiger partial charge in [0, 0.05) is 25.3 Å². The first-order chi connectivity index (χ1) is 11.0. The number of carbonyl (C=O) groups is 1. The SMILES string of the molecule is Cc1cc(C(=O)N2CCC(C)CC2)nc(NCCCN(C)C)n1. The quantitative estimate of drug-likeness (QED) is 0.813. The molecule has 1 aliphatic rings. The topological polar surface area (TPSA) is 61.4 Å². The van der Waals surface area contributed by atoms with Gasteiger partial charge in [0.05, 0.1) is 0 Å². The molecule has 6 nitrogen and oxygen atoms in total. The van der Waals surface area contributed by atoms with Gasteiger partial charge in [0.25, 0.3) is 5.91 Å². The van der Waals surface area contributed by atoms with Gasteiger partial charge in [-0.3, -0.25) is 4.79 Å². The minimum absolute atomic E-state index is 0.0266. The third-order valence-corrected chi connectivity index (χ3v) is 4.21. The summed E-state index contributed by atoms with van der Waals surface area (Å²) in [6.45, 7) is 7.62. The van der Waals surface area contributed by atoms with Crippen LogP contribution in [0, 0.1) is 12.8 Å². The fraction of sp³-hybridized carbons (Fsp3) is 0.706. The van der Waals surface area contributed by atoms with Crippen molar-refractivity contribution in [2.24, 2.45) is 5.92 Å². The van der Waals surface area contributed by atoms with Crippen molar-refractivity contribution < 1.29 is 4.79 Å². The van der Waals surface area contributed by atoms with E-state index < -0.39 is 0 Å². The molecule has 1 saturated heterocycles. The van der Waals surface area contributed by atoms with E-state index in [1.54, 1.807) is 6.07 Å². The molecule has 0 unspecified atom stereocenters. The van der Waals surface area contributed by atoms with Gasteiger partial charge in [-0.25, -0.2) is 9.97 Å². The molecular formula is C17H29N5O. The number of aryl methyl sites for hydroxylation is 1. The Labute approximate surface area is 139 Å². The van der Waals surface area contributed by atoms with E-state index in [4.69, 9.17) is 0 Å². The zero-order valence-corrected chi connectivity index (χ0v) is 14.8. The number of amides is 1. The Morgan fingerprint density at radius 1 is 1.35 bits per heavy atom. The van der Waals surface area contributed by atoms with Crippen molar-refractivity contribution >= 4 is 11.9 Å². The smallest absolute Gasteiger partial charge is 0.272 e. The Bertz CT molecular complexity index is 524. The van der Waals surface area contributed by atoms with Crippen LogP contribution in [-0.2, 0) is 0 Å². The molecule has 2 rings (SSSR count). The normalized spacial score (nSPS) is 16.0. The molecule has 0 spiro atoms. The highest BCUT2D eigenvalue weighted by atomic mass is 16.2. The molecule has 0 atom stereocenters. The number of piperidine rings is 1. The number of nitrogens with zero attached hydrogens (tertiary/aromatic N) is 4. The third-order valence-electron chi connectivity index (χ3n) is 4.21. The maximum Gasteiger partial charge on any atom is 0.272 e. The molecule has 6 heteroatoms. The summed E-state index contributed by atoms with van der Waals surface area (Å²) in [5, 5.41) is 3.23. The second-order valence-electron chi connectivity index (χ2n) is 6.78. The molecule has 23 heavy (non-hydrogen) atoms. The highest BCUT2D eigenvalue weighted by molar-refractivity contribution is 5.92. The van der Waals surface area contributed by atoms with Crippen LogP contribution in [0.2, 0.25) is 0 Å². The molecule has 1 aromatic rings. The van der Waals surface area contributed by atoms with Crippen LogP contribution in [0.1, 0.15) is 42.4 Å². The molecule has 128 valence electrons. The fourth-order valence-corrected chi connectivity index (χ4v) is 2.73. The van der Waals surface area contributed by atoms with Gasteiger partial charge >= 0.3 is 0 Å². The summed E-state index contributed by atoms with van der Waals surface area (Å²) in [6, 6.07) is 1.78. The van der Waals surface area contributed by atoms with Crippen LogP contribution >= 0.6 is 0 Å². The molecule has 1 amide bonds. The van der Waals surface area contributed by atoms with Gasteiger partial charge in [-0.05, 0) is 58.8 Å². The first-order valence-corrected chi connectivity index (χ1v) is 8.49. The largest absolute Gasteiger partial charge is 0.354 e. The summed E-state index contributed by atoms with van der Waals surface area (Å²) < 4.78 is 0. The van der Waals surface area contributed by atoms with E-state index in [0.717, 1.165) is 51.1 Å². The predicted molar refractivity (Wildman–Crippen MR) is 92.7 cm³/mol. The lowest BCUT2D eigenvalue weighted by Gasteiger charge is -2.30. The van der Waals surface area contributed by atoms with Crippen LogP contribution in [0.15, 0.2) is 6.07 Å². The van der Waals surface area contributed by atoms with E-state index in [2.05, 4.69) is 41.2 Å². The molecule has 2 heterocycles. The van der Waals surface area contributed by atoms with E-state index in [9.17, 15) is 4.79 Å². The number of anilines is 1. The molecule has 1 fully saturated rings. The molecule has 1 N–H and O–H groups in total. The van der Waals surface area contributed by atoms with Crippen molar-refractivity contribution in [1.29, 1.82) is 0 Å². The Kier molecular flexibility index (Phi) is 6.33. The molecule has 0 aliphatic carbocycles. The lowest BCUT2D eigenvalue weighted by Crippen LogP contribution is -2.38. The van der Waals surface area contributed by atoms with Gasteiger partial charge < -0.3 is 15.1 Å². The third kappa shape index (κ3) is 5.46. The second-order valence-corrected chi connectivity index (χ2v) is 6.78. The van der Waals surface area contributed by atoms with Crippen molar-refractivity contribution in [2.45, 2.75) is 33.1 Å². The first kappa shape index (κ1) is 17.7. The maximum absolute atomic E-state index is 12.6. The van der Waals surface area contributed by atoms with E-state index in [0.29, 0.717) is 17.6 Å². The maximum atomic E-state index is 12.6. The van der Waals surface area contributed by atoms with Crippen molar-refractivity contribution in [1.82, 2.24) is 19.8 Å². The minimum atomic E-state index is 0.0266. The second kappa shape index (κ2) is 8.24. The fourth-order valence-electron chi connectivity index (χ4n) is 2.73. The molecule has 1 aliphatic heterocycles. The highest BCUT2D eigenvalue weighted by Crippen LogP contribution is 2.18. The summed E-state index contributed by atoms with van der Waals surface area (Å²) in [5.41, 5.74) is 1.32. The molecule has 0 bridgehead atoms. The molecule has 1 aromatic heterocycles. The minimum Gasteiger partial charge on any atom is -0.354 e. The summed E-state index contributed by atoms with van der Waals surface area (Å²) in [6.07, 6.45) is 3.16. The predicted octanol–water partition coefficient (Wildman–Crippen LogP) is 2.02. The lowest BCUT2D eigenvalue weighted by atomic mass is 9.99. The molecule has 0 aromatic carbocycles. The van der Waals surface area contributed by atoms with Gasteiger partial charge in [0.15, 0.2) is 0 Å². The number of aromatic nitrogens is 2. The standard InChI is InChI=1S/C17H29N5O/c1-13-6-10-22(11-7-13)16(23)15-12-14(2)19-17(20-15)18-8-5-9-21(3)4/h12-13H,5-11H2,1-4H3,(H,18,19,20). The number of carbonyl (C=O) groups excluding carboxylic acids is 1. The van der Waals surface area contributed by atoms with Crippen LogP contribution in [0.25, 0.3) is 0 Å². The Hall–Kier alpha value is -1.69. The average molecular weight is 319 g/mol. The van der Waals surface area contributed by atoms with E-state index in [-0.39, 0.29) is 5.91 Å². The van der Waals surface area contributed by atoms with Crippen LogP contribution < -0.4 is 5.32 Å². The average Bonchev–Trinajstić information content (AvgIpc) is 2.51. The van der Waals surface area contributed by atoms with E-state index >= 15 is 0 Å². The van der Waals surface area contributed by atoms with Crippen molar-refractivity contribution in [3.8, 4) is 0 Å². The van der Waals surface area contributed by atoms with Gasteiger partial charge in [0.2, 0.25) is 5.95 Å². The molecular weight excluding hydrogens is 290 g/mol. The summed E-state index contributed by atoms with van der Waals surface area (Å²) in [4.78, 5) is 25.5. The van der Waals surface area contributed by atoms with Gasteiger partial charge in [-0.15, -0.1) is 0 Å². The van der Waals surface area contributed by atoms with Crippen molar-refractivity contribution in [3.05, 3.63) is 17.5 Å². The number of rotatable bonds is 6. The van der Waals surface area contributed by atoms with Crippen molar-refractivity contribution in [2.75, 3.05) is 45.6 Å². The number of likely N-dealkylation sites (tertiary alicyclic amines) is 1. The van der Waals surface area contributed by atoms with Crippen LogP contribution in [0.3, 0.4) is 0 Å². The van der Waals surface area contributed by atoms with Gasteiger partial charge in [-0.2, -0.15) is 0 Å². The van der Waals surface area contributed by atoms with Crippen LogP contribution in [0.5, 0.6) is 0 Å². The monoisotopic (exact) mass is 319 g/mol. The zero-order valence-electron chi connectivity index (χ0n) is 14.8. The number of hydrogen-bond donors (Lipinski definition) is 1. The number of hydrogen-bond acceptors (Lipinski definition) is 5. The van der Waals surface area contributed by atoms with Gasteiger partial charge in [-0.1, -0.05) is 6.92 Å². The molecule has 0 radical (unpaired) electrons. The first-order valence-electron chi connectivity index (χ1n) is 8.49. The highest BCUT2D eigenvalue weighted by Gasteiger charge is 2.23. The van der Waals surface area contributed by atoms with E-state index in [1.807, 2.05) is 11.8 Å². The Balaban J connectivity index is 1.97. The molecule has 0 saturated carbocycles. The summed E-state index contributed by atoms with van der Waals surface area (Å²) in [7, 11) is 4.11.